The van der Waals surface area contributed by atoms with Gasteiger partial charge in [-0.25, -0.2) is 0 Å². The zero-order valence-corrected chi connectivity index (χ0v) is 11.4. The largest absolute Gasteiger partial charge is 0.329 e. The number of aryl methyl sites for hydroxylation is 1. The van der Waals surface area contributed by atoms with Gasteiger partial charge in [0.2, 0.25) is 0 Å². The summed E-state index contributed by atoms with van der Waals surface area (Å²) in [5.41, 5.74) is 7.11. The van der Waals surface area contributed by atoms with E-state index in [9.17, 15) is 0 Å². The van der Waals surface area contributed by atoms with Gasteiger partial charge >= 0.3 is 0 Å². The highest BCUT2D eigenvalue weighted by molar-refractivity contribution is 5.14. The van der Waals surface area contributed by atoms with Crippen LogP contribution in [-0.4, -0.2) is 31.1 Å². The first-order chi connectivity index (χ1) is 8.13. The second-order valence-electron chi connectivity index (χ2n) is 5.15. The maximum atomic E-state index is 5.67. The van der Waals surface area contributed by atoms with Crippen LogP contribution in [0.4, 0.5) is 0 Å². The van der Waals surface area contributed by atoms with E-state index in [1.807, 2.05) is 0 Å². The molecule has 0 radical (unpaired) electrons. The van der Waals surface area contributed by atoms with Gasteiger partial charge in [-0.05, 0) is 38.3 Å². The molecule has 1 aromatic carbocycles. The van der Waals surface area contributed by atoms with Crippen molar-refractivity contribution in [2.45, 2.75) is 32.7 Å². The maximum absolute atomic E-state index is 5.67. The molecule has 0 heterocycles. The molecule has 2 heteroatoms. The second-order valence-corrected chi connectivity index (χ2v) is 5.15. The molecule has 1 aromatic rings. The van der Waals surface area contributed by atoms with Crippen LogP contribution in [0.25, 0.3) is 0 Å². The number of likely N-dealkylation sites (N-methyl/N-ethyl adjacent to an activating group) is 1. The van der Waals surface area contributed by atoms with Crippen LogP contribution in [-0.2, 0) is 6.42 Å². The van der Waals surface area contributed by atoms with Crippen molar-refractivity contribution in [1.82, 2.24) is 4.90 Å². The lowest BCUT2D eigenvalue weighted by Gasteiger charge is -2.26. The van der Waals surface area contributed by atoms with Crippen LogP contribution in [0.3, 0.4) is 0 Å². The molecule has 0 unspecified atom stereocenters. The zero-order valence-electron chi connectivity index (χ0n) is 11.4. The van der Waals surface area contributed by atoms with Gasteiger partial charge in [0.25, 0.3) is 0 Å². The molecule has 2 N–H and O–H groups in total. The molecular formula is C15H26N2. The Morgan fingerprint density at radius 1 is 1.18 bits per heavy atom. The molecule has 96 valence electrons. The van der Waals surface area contributed by atoms with Gasteiger partial charge in [0.15, 0.2) is 0 Å². The van der Waals surface area contributed by atoms with E-state index in [-0.39, 0.29) is 0 Å². The number of nitrogens with two attached hydrogens (primary N) is 1. The van der Waals surface area contributed by atoms with Crippen molar-refractivity contribution < 1.29 is 0 Å². The Hall–Kier alpha value is -0.860. The number of rotatable bonds is 7. The lowest BCUT2D eigenvalue weighted by atomic mass is 10.0. The van der Waals surface area contributed by atoms with Gasteiger partial charge < -0.3 is 10.6 Å². The normalized spacial score (nSPS) is 14.9. The van der Waals surface area contributed by atoms with Gasteiger partial charge in [0, 0.05) is 19.1 Å². The van der Waals surface area contributed by atoms with E-state index in [2.05, 4.69) is 56.1 Å². The van der Waals surface area contributed by atoms with Crippen molar-refractivity contribution in [3.8, 4) is 0 Å². The minimum Gasteiger partial charge on any atom is -0.329 e. The summed E-state index contributed by atoms with van der Waals surface area (Å²) < 4.78 is 0. The average molecular weight is 234 g/mol. The monoisotopic (exact) mass is 234 g/mol. The maximum Gasteiger partial charge on any atom is 0.0187 e. The molecule has 2 atom stereocenters. The van der Waals surface area contributed by atoms with E-state index in [1.54, 1.807) is 0 Å². The van der Waals surface area contributed by atoms with Crippen molar-refractivity contribution in [2.75, 3.05) is 20.1 Å². The standard InChI is InChI=1S/C15H26N2/c1-13(12-17(3)14(2)11-16)9-10-15-7-5-4-6-8-15/h4-8,13-14H,9-12,16H2,1-3H3/t13-,14+/m0/s1. The fourth-order valence-electron chi connectivity index (χ4n) is 2.00. The minimum atomic E-state index is 0.481. The van der Waals surface area contributed by atoms with Crippen LogP contribution < -0.4 is 5.73 Å². The smallest absolute Gasteiger partial charge is 0.0187 e. The third-order valence-corrected chi connectivity index (χ3v) is 3.46. The molecule has 0 bridgehead atoms. The van der Waals surface area contributed by atoms with Gasteiger partial charge in [0.1, 0.15) is 0 Å². The van der Waals surface area contributed by atoms with E-state index >= 15 is 0 Å². The van der Waals surface area contributed by atoms with E-state index < -0.39 is 0 Å². The van der Waals surface area contributed by atoms with E-state index in [4.69, 9.17) is 5.73 Å². The van der Waals surface area contributed by atoms with Crippen molar-refractivity contribution >= 4 is 0 Å². The fraction of sp³-hybridized carbons (Fsp3) is 0.600. The molecule has 0 aliphatic rings. The molecular weight excluding hydrogens is 208 g/mol. The predicted octanol–water partition coefficient (Wildman–Crippen LogP) is 2.53. The van der Waals surface area contributed by atoms with Gasteiger partial charge in [-0.15, -0.1) is 0 Å². The number of hydrogen-bond acceptors (Lipinski definition) is 2. The SMILES string of the molecule is C[C@@H](CCc1ccccc1)CN(C)[C@H](C)CN. The molecule has 2 nitrogen and oxygen atoms in total. The third-order valence-electron chi connectivity index (χ3n) is 3.46. The summed E-state index contributed by atoms with van der Waals surface area (Å²) in [7, 11) is 2.16. The van der Waals surface area contributed by atoms with Gasteiger partial charge in [-0.3, -0.25) is 0 Å². The molecule has 0 amide bonds. The van der Waals surface area contributed by atoms with Gasteiger partial charge in [0.05, 0.1) is 0 Å². The van der Waals surface area contributed by atoms with Gasteiger partial charge in [-0.1, -0.05) is 37.3 Å². The molecule has 17 heavy (non-hydrogen) atoms. The Balaban J connectivity index is 2.28. The minimum absolute atomic E-state index is 0.481. The van der Waals surface area contributed by atoms with Crippen molar-refractivity contribution in [3.63, 3.8) is 0 Å². The summed E-state index contributed by atoms with van der Waals surface area (Å²) in [6, 6.07) is 11.2. The first kappa shape index (κ1) is 14.2. The second kappa shape index (κ2) is 7.46. The highest BCUT2D eigenvalue weighted by atomic mass is 15.1. The third kappa shape index (κ3) is 5.33. The molecule has 0 aliphatic carbocycles. The van der Waals surface area contributed by atoms with Crippen molar-refractivity contribution in [2.24, 2.45) is 11.7 Å². The van der Waals surface area contributed by atoms with Crippen LogP contribution in [0.15, 0.2) is 30.3 Å². The fourth-order valence-corrected chi connectivity index (χ4v) is 2.00. The molecule has 0 saturated heterocycles. The Morgan fingerprint density at radius 2 is 1.82 bits per heavy atom. The summed E-state index contributed by atoms with van der Waals surface area (Å²) in [6.07, 6.45) is 2.42. The molecule has 0 aliphatic heterocycles. The first-order valence-electron chi connectivity index (χ1n) is 6.57. The highest BCUT2D eigenvalue weighted by Gasteiger charge is 2.11. The summed E-state index contributed by atoms with van der Waals surface area (Å²) in [5, 5.41) is 0. The topological polar surface area (TPSA) is 29.3 Å². The van der Waals surface area contributed by atoms with Gasteiger partial charge in [-0.2, -0.15) is 0 Å². The molecule has 0 spiro atoms. The molecule has 0 saturated carbocycles. The van der Waals surface area contributed by atoms with Crippen LogP contribution in [0.5, 0.6) is 0 Å². The summed E-state index contributed by atoms with van der Waals surface area (Å²) >= 11 is 0. The Morgan fingerprint density at radius 3 is 2.41 bits per heavy atom. The van der Waals surface area contributed by atoms with E-state index in [0.29, 0.717) is 12.0 Å². The van der Waals surface area contributed by atoms with Crippen molar-refractivity contribution in [1.29, 1.82) is 0 Å². The summed E-state index contributed by atoms with van der Waals surface area (Å²) in [4.78, 5) is 2.36. The van der Waals surface area contributed by atoms with Crippen LogP contribution >= 0.6 is 0 Å². The lowest BCUT2D eigenvalue weighted by Crippen LogP contribution is -2.38. The van der Waals surface area contributed by atoms with Crippen LogP contribution in [0.1, 0.15) is 25.8 Å². The van der Waals surface area contributed by atoms with Crippen LogP contribution in [0, 0.1) is 5.92 Å². The lowest BCUT2D eigenvalue weighted by molar-refractivity contribution is 0.224. The molecule has 1 rings (SSSR count). The zero-order chi connectivity index (χ0) is 12.7. The van der Waals surface area contributed by atoms with Crippen LogP contribution in [0.2, 0.25) is 0 Å². The predicted molar refractivity (Wildman–Crippen MR) is 75.1 cm³/mol. The van der Waals surface area contributed by atoms with E-state index in [0.717, 1.165) is 13.1 Å². The number of hydrogen-bond donors (Lipinski definition) is 1. The number of benzene rings is 1. The first-order valence-corrected chi connectivity index (χ1v) is 6.57. The summed E-state index contributed by atoms with van der Waals surface area (Å²) in [5.74, 6) is 0.717. The van der Waals surface area contributed by atoms with Crippen molar-refractivity contribution in [3.05, 3.63) is 35.9 Å². The Bertz CT molecular complexity index is 297. The quantitative estimate of drug-likeness (QED) is 0.785. The number of nitrogens with zero attached hydrogens (tertiary/aromatic N) is 1. The molecule has 0 fully saturated rings. The highest BCUT2D eigenvalue weighted by Crippen LogP contribution is 2.11. The summed E-state index contributed by atoms with van der Waals surface area (Å²) in [6.45, 7) is 6.37. The average Bonchev–Trinajstić information content (AvgIpc) is 2.36. The molecule has 0 aromatic heterocycles. The Kier molecular flexibility index (Phi) is 6.23. The van der Waals surface area contributed by atoms with E-state index in [1.165, 1.54) is 18.4 Å². The Labute approximate surface area is 106 Å².